The first-order valence-electron chi connectivity index (χ1n) is 5.85. The molecule has 2 N–H and O–H groups in total. The average molecular weight is 235 g/mol. The quantitative estimate of drug-likeness (QED) is 0.869. The van der Waals surface area contributed by atoms with Crippen molar-refractivity contribution < 1.29 is 4.79 Å². The van der Waals surface area contributed by atoms with Gasteiger partial charge in [-0.2, -0.15) is 0 Å². The van der Waals surface area contributed by atoms with Gasteiger partial charge in [0, 0.05) is 24.6 Å². The Balaban J connectivity index is 2.93. The number of anilines is 1. The van der Waals surface area contributed by atoms with E-state index in [9.17, 15) is 4.79 Å². The predicted molar refractivity (Wildman–Crippen MR) is 69.7 cm³/mol. The summed E-state index contributed by atoms with van der Waals surface area (Å²) in [7, 11) is 0. The van der Waals surface area contributed by atoms with E-state index >= 15 is 0 Å². The largest absolute Gasteiger partial charge is 0.319 e. The van der Waals surface area contributed by atoms with Crippen LogP contribution >= 0.6 is 0 Å². The van der Waals surface area contributed by atoms with Crippen LogP contribution in [0.15, 0.2) is 24.5 Å². The van der Waals surface area contributed by atoms with E-state index in [4.69, 9.17) is 5.73 Å². The van der Waals surface area contributed by atoms with Crippen molar-refractivity contribution in [1.29, 1.82) is 0 Å². The molecule has 0 radical (unpaired) electrons. The maximum Gasteiger partial charge on any atom is 0.244 e. The van der Waals surface area contributed by atoms with Crippen molar-refractivity contribution in [1.82, 2.24) is 4.98 Å². The number of nitrogens with two attached hydrogens (primary N) is 1. The highest BCUT2D eigenvalue weighted by Gasteiger charge is 2.31. The molecule has 1 aromatic rings. The van der Waals surface area contributed by atoms with E-state index in [0.717, 1.165) is 5.69 Å². The second-order valence-corrected chi connectivity index (χ2v) is 5.13. The highest BCUT2D eigenvalue weighted by Crippen LogP contribution is 2.21. The van der Waals surface area contributed by atoms with Gasteiger partial charge < -0.3 is 10.6 Å². The van der Waals surface area contributed by atoms with Gasteiger partial charge in [-0.1, -0.05) is 20.8 Å². The van der Waals surface area contributed by atoms with E-state index in [1.165, 1.54) is 0 Å². The lowest BCUT2D eigenvalue weighted by molar-refractivity contribution is -0.121. The van der Waals surface area contributed by atoms with Gasteiger partial charge in [-0.15, -0.1) is 0 Å². The first kappa shape index (κ1) is 13.6. The van der Waals surface area contributed by atoms with Gasteiger partial charge in [0.1, 0.15) is 0 Å². The molecular formula is C13H21N3O. The van der Waals surface area contributed by atoms with Gasteiger partial charge in [0.15, 0.2) is 0 Å². The van der Waals surface area contributed by atoms with Crippen LogP contribution in [0.3, 0.4) is 0 Å². The monoisotopic (exact) mass is 235 g/mol. The lowest BCUT2D eigenvalue weighted by atomic mass is 9.86. The Hall–Kier alpha value is -1.42. The minimum atomic E-state index is -0.504. The van der Waals surface area contributed by atoms with Crippen LogP contribution in [0, 0.1) is 5.41 Å². The summed E-state index contributed by atoms with van der Waals surface area (Å²) >= 11 is 0. The second kappa shape index (κ2) is 5.27. The van der Waals surface area contributed by atoms with Crippen molar-refractivity contribution in [2.24, 2.45) is 11.1 Å². The average Bonchev–Trinajstić information content (AvgIpc) is 2.29. The zero-order chi connectivity index (χ0) is 13.1. The fraction of sp³-hybridized carbons (Fsp3) is 0.538. The molecule has 94 valence electrons. The standard InChI is InChI=1S/C13H21N3O/c1-5-16(10-6-8-15-9-7-10)12(17)11(14)13(2,3)4/h6-9,11H,5,14H2,1-4H3/t11-/m1/s1. The minimum Gasteiger partial charge on any atom is -0.319 e. The molecule has 0 aromatic carbocycles. The van der Waals surface area contributed by atoms with Crippen LogP contribution in [0.25, 0.3) is 0 Å². The Morgan fingerprint density at radius 2 is 1.94 bits per heavy atom. The van der Waals surface area contributed by atoms with Gasteiger partial charge in [-0.3, -0.25) is 9.78 Å². The van der Waals surface area contributed by atoms with Crippen LogP contribution in [0.4, 0.5) is 5.69 Å². The maximum atomic E-state index is 12.3. The van der Waals surface area contributed by atoms with E-state index in [2.05, 4.69) is 4.98 Å². The summed E-state index contributed by atoms with van der Waals surface area (Å²) in [5.41, 5.74) is 6.60. The third-order valence-electron chi connectivity index (χ3n) is 2.76. The van der Waals surface area contributed by atoms with Crippen LogP contribution in [0.1, 0.15) is 27.7 Å². The number of carbonyl (C=O) groups excluding carboxylic acids is 1. The zero-order valence-corrected chi connectivity index (χ0v) is 11.0. The topological polar surface area (TPSA) is 59.2 Å². The van der Waals surface area contributed by atoms with Crippen molar-refractivity contribution in [3.63, 3.8) is 0 Å². The van der Waals surface area contributed by atoms with Gasteiger partial charge in [-0.25, -0.2) is 0 Å². The number of hydrogen-bond acceptors (Lipinski definition) is 3. The van der Waals surface area contributed by atoms with E-state index in [1.54, 1.807) is 17.3 Å². The van der Waals surface area contributed by atoms with Crippen LogP contribution in [0.5, 0.6) is 0 Å². The Kier molecular flexibility index (Phi) is 4.23. The molecule has 0 aliphatic rings. The highest BCUT2D eigenvalue weighted by atomic mass is 16.2. The summed E-state index contributed by atoms with van der Waals surface area (Å²) in [4.78, 5) is 17.9. The molecular weight excluding hydrogens is 214 g/mol. The van der Waals surface area contributed by atoms with Crippen LogP contribution in [-0.4, -0.2) is 23.5 Å². The van der Waals surface area contributed by atoms with Crippen molar-refractivity contribution in [3.8, 4) is 0 Å². The van der Waals surface area contributed by atoms with E-state index < -0.39 is 6.04 Å². The number of pyridine rings is 1. The van der Waals surface area contributed by atoms with Gasteiger partial charge in [0.05, 0.1) is 6.04 Å². The molecule has 0 saturated carbocycles. The lowest BCUT2D eigenvalue weighted by Gasteiger charge is -2.31. The van der Waals surface area contributed by atoms with Crippen molar-refractivity contribution >= 4 is 11.6 Å². The van der Waals surface area contributed by atoms with Crippen LogP contribution in [0.2, 0.25) is 0 Å². The molecule has 17 heavy (non-hydrogen) atoms. The van der Waals surface area contributed by atoms with Gasteiger partial charge in [0.25, 0.3) is 0 Å². The Morgan fingerprint density at radius 1 is 1.41 bits per heavy atom. The van der Waals surface area contributed by atoms with Gasteiger partial charge >= 0.3 is 0 Å². The van der Waals surface area contributed by atoms with E-state index in [-0.39, 0.29) is 11.3 Å². The first-order chi connectivity index (χ1) is 7.88. The number of hydrogen-bond donors (Lipinski definition) is 1. The molecule has 0 unspecified atom stereocenters. The molecule has 0 bridgehead atoms. The Morgan fingerprint density at radius 3 is 2.35 bits per heavy atom. The molecule has 0 spiro atoms. The summed E-state index contributed by atoms with van der Waals surface area (Å²) in [5.74, 6) is -0.0498. The molecule has 1 heterocycles. The summed E-state index contributed by atoms with van der Waals surface area (Å²) in [6.45, 7) is 8.45. The number of likely N-dealkylation sites (N-methyl/N-ethyl adjacent to an activating group) is 1. The third-order valence-corrected chi connectivity index (χ3v) is 2.76. The molecule has 4 nitrogen and oxygen atoms in total. The summed E-state index contributed by atoms with van der Waals surface area (Å²) in [6.07, 6.45) is 3.35. The number of nitrogens with zero attached hydrogens (tertiary/aromatic N) is 2. The summed E-state index contributed by atoms with van der Waals surface area (Å²) in [6, 6.07) is 3.13. The molecule has 0 saturated heterocycles. The molecule has 0 fully saturated rings. The molecule has 0 aliphatic heterocycles. The number of amides is 1. The summed E-state index contributed by atoms with van der Waals surface area (Å²) in [5, 5.41) is 0. The predicted octanol–water partition coefficient (Wildman–Crippen LogP) is 1.81. The minimum absolute atomic E-state index is 0.0498. The van der Waals surface area contributed by atoms with E-state index in [0.29, 0.717) is 6.54 Å². The number of carbonyl (C=O) groups is 1. The van der Waals surface area contributed by atoms with Crippen molar-refractivity contribution in [2.75, 3.05) is 11.4 Å². The van der Waals surface area contributed by atoms with Crippen molar-refractivity contribution in [2.45, 2.75) is 33.7 Å². The van der Waals surface area contributed by atoms with Crippen LogP contribution in [-0.2, 0) is 4.79 Å². The van der Waals surface area contributed by atoms with Crippen molar-refractivity contribution in [3.05, 3.63) is 24.5 Å². The zero-order valence-electron chi connectivity index (χ0n) is 11.0. The Bertz CT molecular complexity index is 370. The molecule has 1 rings (SSSR count). The third kappa shape index (κ3) is 3.27. The van der Waals surface area contributed by atoms with Crippen LogP contribution < -0.4 is 10.6 Å². The highest BCUT2D eigenvalue weighted by molar-refractivity contribution is 5.97. The normalized spacial score (nSPS) is 13.2. The first-order valence-corrected chi connectivity index (χ1v) is 5.85. The van der Waals surface area contributed by atoms with Gasteiger partial charge in [0.2, 0.25) is 5.91 Å². The molecule has 0 aliphatic carbocycles. The molecule has 4 heteroatoms. The molecule has 1 atom stereocenters. The maximum absolute atomic E-state index is 12.3. The Labute approximate surface area is 103 Å². The number of aromatic nitrogens is 1. The molecule has 1 aromatic heterocycles. The lowest BCUT2D eigenvalue weighted by Crippen LogP contribution is -2.50. The van der Waals surface area contributed by atoms with Gasteiger partial charge in [-0.05, 0) is 24.5 Å². The number of rotatable bonds is 3. The summed E-state index contributed by atoms with van der Waals surface area (Å²) < 4.78 is 0. The smallest absolute Gasteiger partial charge is 0.244 e. The van der Waals surface area contributed by atoms with E-state index in [1.807, 2.05) is 39.8 Å². The fourth-order valence-electron chi connectivity index (χ4n) is 1.53. The fourth-order valence-corrected chi connectivity index (χ4v) is 1.53. The molecule has 1 amide bonds. The second-order valence-electron chi connectivity index (χ2n) is 5.13. The SMILES string of the molecule is CCN(C(=O)[C@@H](N)C(C)(C)C)c1ccncc1.